The number of sulfone groups is 2. The van der Waals surface area contributed by atoms with Gasteiger partial charge in [-0.1, -0.05) is 342 Å². The highest BCUT2D eigenvalue weighted by Crippen LogP contribution is 2.67. The summed E-state index contributed by atoms with van der Waals surface area (Å²) in [7, 11) is -5.37. The first-order chi connectivity index (χ1) is 56.9. The first-order valence-electron chi connectivity index (χ1n) is 50.3. The second kappa shape index (κ2) is 51.7. The number of carbonyl (C=O) groups is 1. The molecule has 2 aliphatic heterocycles. The van der Waals surface area contributed by atoms with Crippen LogP contribution in [-0.2, 0) is 44.2 Å². The van der Waals surface area contributed by atoms with Crippen LogP contribution in [0.15, 0.2) is 9.32 Å². The van der Waals surface area contributed by atoms with E-state index in [-0.39, 0.29) is 106 Å². The third-order valence-electron chi connectivity index (χ3n) is 28.3. The quantitative estimate of drug-likeness (QED) is 0.121. The van der Waals surface area contributed by atoms with Gasteiger partial charge < -0.3 is 35.4 Å². The van der Waals surface area contributed by atoms with Crippen LogP contribution < -0.4 is 5.76 Å². The van der Waals surface area contributed by atoms with Gasteiger partial charge in [0.1, 0.15) is 9.84 Å². The molecule has 13 rings (SSSR count). The molecule has 20 heteroatoms. The minimum Gasteiger partial charge on any atom is -0.481 e. The number of carboxylic acid groups (broad SMARTS) is 1. The summed E-state index contributed by atoms with van der Waals surface area (Å²) in [6, 6.07) is 0. The number of H-pyrrole nitrogens is 1. The molecule has 12 fully saturated rings. The largest absolute Gasteiger partial charge is 0.481 e. The van der Waals surface area contributed by atoms with Crippen LogP contribution in [0.25, 0.3) is 0 Å². The summed E-state index contributed by atoms with van der Waals surface area (Å²) < 4.78 is 53.2. The molecular weight excluding hydrogens is 1680 g/mol. The van der Waals surface area contributed by atoms with Gasteiger partial charge in [0, 0.05) is 17.6 Å². The number of aliphatic hydroxyl groups excluding tert-OH is 1. The smallest absolute Gasteiger partial charge is 0.438 e. The Kier molecular flexibility index (Phi) is 52.4. The van der Waals surface area contributed by atoms with E-state index < -0.39 is 31.4 Å². The minimum absolute atomic E-state index is 0. The number of aromatic amines is 1. The van der Waals surface area contributed by atoms with E-state index in [4.69, 9.17) is 24.5 Å². The fourth-order valence-electron chi connectivity index (χ4n) is 19.9. The van der Waals surface area contributed by atoms with Gasteiger partial charge in [-0.15, -0.1) is 0 Å². The number of hydrogen-bond acceptors (Lipinski definition) is 16. The van der Waals surface area contributed by atoms with Crippen LogP contribution in [0.5, 0.6) is 0 Å². The molecule has 0 bridgehead atoms. The van der Waals surface area contributed by atoms with E-state index in [2.05, 4.69) is 264 Å². The predicted octanol–water partition coefficient (Wildman–Crippen LogP) is 28.5. The Morgan fingerprint density at radius 3 is 0.939 bits per heavy atom. The van der Waals surface area contributed by atoms with E-state index in [1.807, 2.05) is 13.8 Å². The molecule has 7 N–H and O–H groups in total. The Hall–Kier alpha value is -2.55. The first kappa shape index (κ1) is 133. The van der Waals surface area contributed by atoms with Crippen LogP contribution in [0.2, 0.25) is 0 Å². The van der Waals surface area contributed by atoms with Crippen molar-refractivity contribution >= 4 is 31.8 Å². The number of carbonyl (C=O) groups excluding carboxylic acids is 2. The second-order valence-electron chi connectivity index (χ2n) is 57.0. The van der Waals surface area contributed by atoms with Crippen LogP contribution in [0.4, 0.5) is 0 Å². The van der Waals surface area contributed by atoms with Crippen LogP contribution >= 0.6 is 0 Å². The Morgan fingerprint density at radius 1 is 0.443 bits per heavy atom. The molecule has 12 aliphatic rings. The number of nitrogens with zero attached hydrogens (tertiary/aromatic N) is 1. The predicted molar refractivity (Wildman–Crippen MR) is 553 cm³/mol. The number of nitrogens with one attached hydrogen (secondary N) is 1. The van der Waals surface area contributed by atoms with Crippen LogP contribution in [0, 0.1) is 118 Å². The van der Waals surface area contributed by atoms with Crippen LogP contribution in [0.3, 0.4) is 0 Å². The van der Waals surface area contributed by atoms with Crippen molar-refractivity contribution in [1.29, 1.82) is 0 Å². The highest BCUT2D eigenvalue weighted by molar-refractivity contribution is 7.92. The summed E-state index contributed by atoms with van der Waals surface area (Å²) in [4.78, 5) is 40.1. The number of hydrogen-bond donors (Lipinski definition) is 7. The number of rotatable bonds is 9. The van der Waals surface area contributed by atoms with Crippen LogP contribution in [-0.4, -0.2) is 134 Å². The molecule has 18 nitrogen and oxygen atoms in total. The molecule has 0 radical (unpaired) electrons. The van der Waals surface area contributed by atoms with E-state index in [0.717, 1.165) is 164 Å². The van der Waals surface area contributed by atoms with Crippen molar-refractivity contribution in [2.24, 2.45) is 118 Å². The molecule has 782 valence electrons. The molecule has 1 unspecified atom stereocenters. The molecular formula is C111H220N2O16S2. The number of aliphatic hydroxyl groups is 5. The van der Waals surface area contributed by atoms with E-state index >= 15 is 0 Å². The Labute approximate surface area is 809 Å². The van der Waals surface area contributed by atoms with Gasteiger partial charge in [0.2, 0.25) is 0 Å². The van der Waals surface area contributed by atoms with E-state index in [1.54, 1.807) is 0 Å². The lowest BCUT2D eigenvalue weighted by atomic mass is 9.63. The molecule has 1 aromatic rings. The summed E-state index contributed by atoms with van der Waals surface area (Å²) in [6.07, 6.45) is 39.7. The van der Waals surface area contributed by atoms with Crippen molar-refractivity contribution in [1.82, 2.24) is 10.1 Å². The highest BCUT2D eigenvalue weighted by Gasteiger charge is 2.58. The maximum Gasteiger partial charge on any atom is 0.438 e. The lowest BCUT2D eigenvalue weighted by Crippen LogP contribution is -2.43. The zero-order valence-electron chi connectivity index (χ0n) is 90.5. The van der Waals surface area contributed by atoms with Gasteiger partial charge in [-0.05, 0) is 266 Å². The van der Waals surface area contributed by atoms with Gasteiger partial charge in [-0.25, -0.2) is 21.6 Å². The van der Waals surface area contributed by atoms with Gasteiger partial charge in [-0.3, -0.25) is 14.3 Å². The van der Waals surface area contributed by atoms with Gasteiger partial charge >= 0.3 is 17.9 Å². The monoisotopic (exact) mass is 1900 g/mol. The van der Waals surface area contributed by atoms with Gasteiger partial charge in [0.05, 0.1) is 64.4 Å². The summed E-state index contributed by atoms with van der Waals surface area (Å²) in [5, 5.41) is 60.4. The van der Waals surface area contributed by atoms with Crippen molar-refractivity contribution in [3.63, 3.8) is 0 Å². The van der Waals surface area contributed by atoms with E-state index in [9.17, 15) is 46.9 Å². The fraction of sp³-hybridized carbons (Fsp3) is 0.964. The standard InChI is InChI=1S/C12H22.C11H22O.C10H18N2O2.C9H18O2S.C9H16O2.2C9H18O.2C8H16O.C8H16.C7H14O2S.C7H14O.CO2.3CH4/c1-11(2,3)10-9-12(10)7-5-4-6-8-12;1-10(2,3)9-11(12)7-5-4-6-8-11;1-9(2,3)6-10(4,5)7-11-8(13)14-12-7;1-9(2,3)7-5-8(6-7)12(4,10)11;1-9(2,3)7-4-6(5-7)8(10)11;2*1-8(2,3)7-9(10)5-4-6-9;1-8(2,3)6-4-7(9)5-6;1-7(2,3)6-8(9)4-5-8;1-8(2,3)6-7-4-5-7;1-7(2,3)6-4-10(8,9)5-6;1-7(2,3)6-4-8-5-6;2-1-3;;;/h10H,4-9H2,1-3H3;12H,4-9H2,1-3H3;6H2,1-5H3,(H,11,12,13);7-8H,5-6H2,1-4H3;6-7H,4-5H2,1-3H3,(H,10,11);2*10H,4-7H2,1-3H3;6-7,9H,4-5H2,1-3H3;9H,4-6H2,1-3H3;7H,4-6H2,1-3H3;6H,4-5H2,1-3H3;6H,4-5H2,1-3H3;;3*1H4. The lowest BCUT2D eigenvalue weighted by molar-refractivity contribution is -0.191. The molecule has 1 spiro atoms. The number of ether oxygens (including phenoxy) is 1. The molecule has 10 aliphatic carbocycles. The molecule has 3 heterocycles. The number of carboxylic acids is 1. The van der Waals surface area contributed by atoms with Gasteiger partial charge in [0.15, 0.2) is 15.7 Å². The Morgan fingerprint density at radius 2 is 0.756 bits per heavy atom. The van der Waals surface area contributed by atoms with Crippen molar-refractivity contribution < 1.29 is 71.1 Å². The number of aromatic nitrogens is 2. The maximum atomic E-state index is 11.1. The third kappa shape index (κ3) is 57.7. The van der Waals surface area contributed by atoms with E-state index in [1.165, 1.54) is 96.1 Å². The normalized spacial score (nSPS) is 24.7. The first-order valence-corrected chi connectivity index (χ1v) is 54.0. The van der Waals surface area contributed by atoms with Gasteiger partial charge in [-0.2, -0.15) is 9.59 Å². The average molecular weight is 1900 g/mol. The van der Waals surface area contributed by atoms with E-state index in [0.29, 0.717) is 67.6 Å². The summed E-state index contributed by atoms with van der Waals surface area (Å²) in [6.45, 7) is 85.8. The molecule has 2 saturated heterocycles. The van der Waals surface area contributed by atoms with Crippen LogP contribution in [0.1, 0.15) is 503 Å². The van der Waals surface area contributed by atoms with Crippen molar-refractivity contribution in [3.05, 3.63) is 16.4 Å². The molecule has 131 heavy (non-hydrogen) atoms. The lowest BCUT2D eigenvalue weighted by Gasteiger charge is -2.42. The average Bonchev–Trinajstić information content (AvgIpc) is 1.56. The van der Waals surface area contributed by atoms with Crippen molar-refractivity contribution in [2.75, 3.05) is 31.0 Å². The number of aliphatic carboxylic acids is 1. The minimum atomic E-state index is -2.76. The van der Waals surface area contributed by atoms with Gasteiger partial charge in [0.25, 0.3) is 0 Å². The molecule has 1 atom stereocenters. The zero-order chi connectivity index (χ0) is 100. The Bertz CT molecular complexity index is 3590. The fourth-order valence-corrected chi connectivity index (χ4v) is 23.2. The van der Waals surface area contributed by atoms with Crippen molar-refractivity contribution in [2.45, 2.75) is 536 Å². The second-order valence-corrected chi connectivity index (χ2v) is 61.5. The summed E-state index contributed by atoms with van der Waals surface area (Å²) in [5.41, 5.74) is 3.61. The summed E-state index contributed by atoms with van der Waals surface area (Å²) >= 11 is 0. The molecule has 0 amide bonds. The maximum absolute atomic E-state index is 11.1. The van der Waals surface area contributed by atoms with Crippen molar-refractivity contribution in [3.8, 4) is 0 Å². The highest BCUT2D eigenvalue weighted by atomic mass is 32.2. The molecule has 1 aromatic heterocycles. The third-order valence-corrected chi connectivity index (χ3v) is 31.7. The summed E-state index contributed by atoms with van der Waals surface area (Å²) in [5.74, 6) is 5.56. The zero-order valence-corrected chi connectivity index (χ0v) is 92.1. The molecule has 0 aromatic carbocycles. The topological polar surface area (TPSA) is 309 Å². The SMILES string of the molecule is C.C.C.CC(C)(C)C1CC(C(=O)O)C1.CC(C)(C)C1CC(O)C1.CC(C)(C)C1CC(S(C)(=O)=O)C1.CC(C)(C)C1CC12CCCCC2.CC(C)(C)C1COC1.CC(C)(C)C1CS(=O)(=O)C1.CC(C)(C)CC(C)(C)c1noc(=O)[nH]1.CC(C)(C)CC1(O)CC1.CC(C)(C)CC1(O)CCC1.CC(C)(C)CC1(O)CCC1.CC(C)(C)CC1(O)CCCCC1.CC(C)(C)CC1CC1.O=C=O. The molecule has 10 saturated carbocycles. The Balaban J connectivity index is -0.00000136.